The second kappa shape index (κ2) is 7.51. The molecule has 122 valence electrons. The van der Waals surface area contributed by atoms with Crippen LogP contribution in [0.4, 0.5) is 10.2 Å². The van der Waals surface area contributed by atoms with Crippen molar-refractivity contribution < 1.29 is 4.39 Å². The molecule has 4 nitrogen and oxygen atoms in total. The van der Waals surface area contributed by atoms with Crippen LogP contribution in [0.15, 0.2) is 30.3 Å². The Morgan fingerprint density at radius 3 is 2.91 bits per heavy atom. The molecule has 1 atom stereocenters. The normalized spacial score (nSPS) is 17.9. The molecule has 1 saturated heterocycles. The largest absolute Gasteiger partial charge is 0.366 e. The van der Waals surface area contributed by atoms with Crippen LogP contribution in [0.5, 0.6) is 0 Å². The first-order chi connectivity index (χ1) is 11.3. The van der Waals surface area contributed by atoms with Crippen molar-refractivity contribution in [3.8, 4) is 11.4 Å². The van der Waals surface area contributed by atoms with Gasteiger partial charge >= 0.3 is 0 Å². The van der Waals surface area contributed by atoms with Crippen LogP contribution in [-0.2, 0) is 6.42 Å². The number of aryl methyl sites for hydroxylation is 1. The Bertz CT molecular complexity index is 653. The molecule has 3 rings (SSSR count). The minimum Gasteiger partial charge on any atom is -0.366 e. The van der Waals surface area contributed by atoms with Crippen LogP contribution in [0.2, 0.25) is 0 Å². The Hall–Kier alpha value is -2.01. The zero-order valence-corrected chi connectivity index (χ0v) is 13.5. The molecule has 0 saturated carbocycles. The third-order valence-electron chi connectivity index (χ3n) is 4.05. The molecule has 5 heteroatoms. The number of rotatable bonds is 5. The van der Waals surface area contributed by atoms with Gasteiger partial charge < -0.3 is 10.6 Å². The SMILES string of the molecule is CCCc1cc(NC2CCCNC2)nc(-c2ccccc2F)n1. The van der Waals surface area contributed by atoms with Gasteiger partial charge in [-0.05, 0) is 37.9 Å². The Labute approximate surface area is 136 Å². The van der Waals surface area contributed by atoms with Crippen LogP contribution >= 0.6 is 0 Å². The van der Waals surface area contributed by atoms with Gasteiger partial charge in [0.15, 0.2) is 5.82 Å². The molecule has 0 radical (unpaired) electrons. The summed E-state index contributed by atoms with van der Waals surface area (Å²) in [7, 11) is 0. The molecule has 0 amide bonds. The molecule has 23 heavy (non-hydrogen) atoms. The van der Waals surface area contributed by atoms with Gasteiger partial charge in [-0.1, -0.05) is 25.5 Å². The number of piperidine rings is 1. The maximum atomic E-state index is 14.1. The third kappa shape index (κ3) is 4.05. The molecule has 0 spiro atoms. The molecule has 0 bridgehead atoms. The van der Waals surface area contributed by atoms with Gasteiger partial charge in [-0.15, -0.1) is 0 Å². The van der Waals surface area contributed by atoms with Gasteiger partial charge in [-0.3, -0.25) is 0 Å². The van der Waals surface area contributed by atoms with Gasteiger partial charge in [0.1, 0.15) is 11.6 Å². The topological polar surface area (TPSA) is 49.8 Å². The van der Waals surface area contributed by atoms with Crippen LogP contribution in [-0.4, -0.2) is 29.1 Å². The Kier molecular flexibility index (Phi) is 5.18. The predicted octanol–water partition coefficient (Wildman–Crippen LogP) is 3.40. The molecule has 1 aromatic heterocycles. The Balaban J connectivity index is 1.91. The smallest absolute Gasteiger partial charge is 0.164 e. The van der Waals surface area contributed by atoms with E-state index >= 15 is 0 Å². The summed E-state index contributed by atoms with van der Waals surface area (Å²) in [4.78, 5) is 9.09. The molecule has 1 unspecified atom stereocenters. The summed E-state index contributed by atoms with van der Waals surface area (Å²) < 4.78 is 14.1. The predicted molar refractivity (Wildman–Crippen MR) is 90.9 cm³/mol. The van der Waals surface area contributed by atoms with E-state index in [1.165, 1.54) is 6.07 Å². The number of halogens is 1. The van der Waals surface area contributed by atoms with Crippen molar-refractivity contribution in [3.05, 3.63) is 41.8 Å². The van der Waals surface area contributed by atoms with Crippen LogP contribution in [0.3, 0.4) is 0 Å². The van der Waals surface area contributed by atoms with E-state index in [-0.39, 0.29) is 5.82 Å². The average molecular weight is 314 g/mol. The summed E-state index contributed by atoms with van der Waals surface area (Å²) in [5.41, 5.74) is 1.40. The van der Waals surface area contributed by atoms with E-state index in [0.717, 1.165) is 50.3 Å². The average Bonchev–Trinajstić information content (AvgIpc) is 2.56. The molecule has 1 aliphatic rings. The summed E-state index contributed by atoms with van der Waals surface area (Å²) in [5, 5.41) is 6.86. The van der Waals surface area contributed by atoms with E-state index in [1.807, 2.05) is 12.1 Å². The van der Waals surface area contributed by atoms with E-state index in [9.17, 15) is 4.39 Å². The second-order valence-electron chi connectivity index (χ2n) is 5.99. The summed E-state index contributed by atoms with van der Waals surface area (Å²) in [6.07, 6.45) is 4.14. The van der Waals surface area contributed by atoms with E-state index in [1.54, 1.807) is 12.1 Å². The minimum atomic E-state index is -0.286. The van der Waals surface area contributed by atoms with Crippen LogP contribution in [0, 0.1) is 5.82 Å². The number of hydrogen-bond acceptors (Lipinski definition) is 4. The zero-order chi connectivity index (χ0) is 16.1. The molecule has 2 aromatic rings. The number of anilines is 1. The summed E-state index contributed by atoms with van der Waals surface area (Å²) in [6.45, 7) is 4.12. The number of hydrogen-bond donors (Lipinski definition) is 2. The quantitative estimate of drug-likeness (QED) is 0.888. The lowest BCUT2D eigenvalue weighted by Gasteiger charge is -2.24. The van der Waals surface area contributed by atoms with Crippen LogP contribution in [0.25, 0.3) is 11.4 Å². The molecule has 2 heterocycles. The number of nitrogens with one attached hydrogen (secondary N) is 2. The highest BCUT2D eigenvalue weighted by molar-refractivity contribution is 5.58. The van der Waals surface area contributed by atoms with E-state index < -0.39 is 0 Å². The van der Waals surface area contributed by atoms with E-state index in [0.29, 0.717) is 17.4 Å². The molecule has 1 aromatic carbocycles. The number of aromatic nitrogens is 2. The first kappa shape index (κ1) is 15.9. The molecule has 0 aliphatic carbocycles. The number of nitrogens with zero attached hydrogens (tertiary/aromatic N) is 2. The van der Waals surface area contributed by atoms with Crippen molar-refractivity contribution in [1.29, 1.82) is 0 Å². The van der Waals surface area contributed by atoms with Crippen molar-refractivity contribution in [1.82, 2.24) is 15.3 Å². The fraction of sp³-hybridized carbons (Fsp3) is 0.444. The van der Waals surface area contributed by atoms with Crippen molar-refractivity contribution in [3.63, 3.8) is 0 Å². The van der Waals surface area contributed by atoms with Gasteiger partial charge in [0, 0.05) is 24.3 Å². The van der Waals surface area contributed by atoms with Crippen molar-refractivity contribution >= 4 is 5.82 Å². The molecular formula is C18H23FN4. The molecule has 2 N–H and O–H groups in total. The second-order valence-corrected chi connectivity index (χ2v) is 5.99. The minimum absolute atomic E-state index is 0.286. The van der Waals surface area contributed by atoms with Crippen molar-refractivity contribution in [2.75, 3.05) is 18.4 Å². The first-order valence-electron chi connectivity index (χ1n) is 8.36. The maximum Gasteiger partial charge on any atom is 0.164 e. The van der Waals surface area contributed by atoms with Crippen LogP contribution < -0.4 is 10.6 Å². The Morgan fingerprint density at radius 1 is 1.30 bits per heavy atom. The third-order valence-corrected chi connectivity index (χ3v) is 4.05. The lowest BCUT2D eigenvalue weighted by atomic mass is 10.1. The highest BCUT2D eigenvalue weighted by atomic mass is 19.1. The van der Waals surface area contributed by atoms with Crippen molar-refractivity contribution in [2.45, 2.75) is 38.6 Å². The van der Waals surface area contributed by atoms with Crippen molar-refractivity contribution in [2.24, 2.45) is 0 Å². The van der Waals surface area contributed by atoms with Gasteiger partial charge in [0.05, 0.1) is 5.56 Å². The van der Waals surface area contributed by atoms with E-state index in [4.69, 9.17) is 0 Å². The van der Waals surface area contributed by atoms with Gasteiger partial charge in [-0.25, -0.2) is 14.4 Å². The maximum absolute atomic E-state index is 14.1. The summed E-state index contributed by atoms with van der Waals surface area (Å²) in [5.74, 6) is 0.960. The lowest BCUT2D eigenvalue weighted by molar-refractivity contribution is 0.479. The zero-order valence-electron chi connectivity index (χ0n) is 13.5. The summed E-state index contributed by atoms with van der Waals surface area (Å²) in [6, 6.07) is 9.02. The molecule has 1 fully saturated rings. The fourth-order valence-electron chi connectivity index (χ4n) is 2.90. The monoisotopic (exact) mass is 314 g/mol. The number of benzene rings is 1. The highest BCUT2D eigenvalue weighted by Gasteiger charge is 2.15. The Morgan fingerprint density at radius 2 is 2.17 bits per heavy atom. The summed E-state index contributed by atoms with van der Waals surface area (Å²) >= 11 is 0. The first-order valence-corrected chi connectivity index (χ1v) is 8.36. The van der Waals surface area contributed by atoms with Gasteiger partial charge in [0.25, 0.3) is 0 Å². The molecular weight excluding hydrogens is 291 g/mol. The van der Waals surface area contributed by atoms with Gasteiger partial charge in [-0.2, -0.15) is 0 Å². The van der Waals surface area contributed by atoms with E-state index in [2.05, 4.69) is 27.5 Å². The fourth-order valence-corrected chi connectivity index (χ4v) is 2.90. The molecule has 1 aliphatic heterocycles. The lowest BCUT2D eigenvalue weighted by Crippen LogP contribution is -2.38. The highest BCUT2D eigenvalue weighted by Crippen LogP contribution is 2.22. The standard InChI is InChI=1S/C18H23FN4/c1-2-6-13-11-17(21-14-7-5-10-20-12-14)23-18(22-13)15-8-3-4-9-16(15)19/h3-4,8-9,11,14,20H,2,5-7,10,12H2,1H3,(H,21,22,23). The van der Waals surface area contributed by atoms with Crippen LogP contribution in [0.1, 0.15) is 31.9 Å². The van der Waals surface area contributed by atoms with Gasteiger partial charge in [0.2, 0.25) is 0 Å².